The van der Waals surface area contributed by atoms with Crippen molar-refractivity contribution in [3.05, 3.63) is 35.8 Å². The van der Waals surface area contributed by atoms with Crippen molar-refractivity contribution >= 4 is 17.7 Å². The zero-order chi connectivity index (χ0) is 21.0. The van der Waals surface area contributed by atoms with Crippen LogP contribution >= 0.6 is 0 Å². The van der Waals surface area contributed by atoms with Crippen molar-refractivity contribution in [3.8, 4) is 11.3 Å². The van der Waals surface area contributed by atoms with Crippen LogP contribution in [0.1, 0.15) is 5.69 Å². The van der Waals surface area contributed by atoms with Gasteiger partial charge in [0.1, 0.15) is 23.8 Å². The van der Waals surface area contributed by atoms with Crippen LogP contribution in [0.5, 0.6) is 0 Å². The number of carbonyl (C=O) groups is 1. The van der Waals surface area contributed by atoms with Gasteiger partial charge in [-0.2, -0.15) is 9.78 Å². The van der Waals surface area contributed by atoms with E-state index in [1.165, 1.54) is 11.0 Å². The number of amides is 1. The highest BCUT2D eigenvalue weighted by Gasteiger charge is 2.33. The van der Waals surface area contributed by atoms with E-state index in [2.05, 4.69) is 15.4 Å². The summed E-state index contributed by atoms with van der Waals surface area (Å²) in [5.74, 6) is 0.237. The summed E-state index contributed by atoms with van der Waals surface area (Å²) in [5, 5.41) is 21.9. The summed E-state index contributed by atoms with van der Waals surface area (Å²) in [6, 6.07) is 6.38. The van der Waals surface area contributed by atoms with Gasteiger partial charge in [-0.15, -0.1) is 0 Å². The van der Waals surface area contributed by atoms with Crippen molar-refractivity contribution in [3.63, 3.8) is 0 Å². The molecule has 12 heteroatoms. The number of ether oxygens (including phenoxy) is 1. The molecule has 1 amide bonds. The Hall–Kier alpha value is -3.54. The Morgan fingerprint density at radius 1 is 1.37 bits per heavy atom. The zero-order valence-electron chi connectivity index (χ0n) is 16.4. The SMILES string of the molecule is Cn1nnc(N2Cc3cc(-c4ccc(N5CC(CO)OC5=O)cc4F)nn3C2)[n+]1C. The van der Waals surface area contributed by atoms with Crippen molar-refractivity contribution in [1.82, 2.24) is 24.9 Å². The largest absolute Gasteiger partial charge is 0.441 e. The van der Waals surface area contributed by atoms with Crippen LogP contribution in [-0.4, -0.2) is 55.3 Å². The fourth-order valence-electron chi connectivity index (χ4n) is 3.71. The van der Waals surface area contributed by atoms with Crippen molar-refractivity contribution in [1.29, 1.82) is 0 Å². The summed E-state index contributed by atoms with van der Waals surface area (Å²) in [4.78, 5) is 16.9. The first-order valence-electron chi connectivity index (χ1n) is 9.41. The first-order chi connectivity index (χ1) is 14.4. The number of fused-ring (bicyclic) bond motifs is 1. The molecule has 0 spiro atoms. The van der Waals surface area contributed by atoms with Gasteiger partial charge in [-0.1, -0.05) is 4.80 Å². The number of benzene rings is 1. The van der Waals surface area contributed by atoms with Crippen molar-refractivity contribution in [2.45, 2.75) is 19.3 Å². The molecule has 0 radical (unpaired) electrons. The third-order valence-corrected chi connectivity index (χ3v) is 5.41. The van der Waals surface area contributed by atoms with Gasteiger partial charge >= 0.3 is 12.0 Å². The van der Waals surface area contributed by atoms with Gasteiger partial charge in [0.2, 0.25) is 0 Å². The first kappa shape index (κ1) is 18.5. The molecule has 2 aliphatic heterocycles. The third-order valence-electron chi connectivity index (χ3n) is 5.41. The van der Waals surface area contributed by atoms with E-state index in [1.54, 1.807) is 28.7 Å². The summed E-state index contributed by atoms with van der Waals surface area (Å²) in [7, 11) is 3.68. The maximum Gasteiger partial charge on any atom is 0.414 e. The minimum absolute atomic E-state index is 0.183. The minimum Gasteiger partial charge on any atom is -0.441 e. The minimum atomic E-state index is -0.601. The number of aliphatic hydroxyl groups excluding tert-OH is 1. The molecule has 3 aromatic rings. The Morgan fingerprint density at radius 2 is 2.20 bits per heavy atom. The number of hydrogen-bond donors (Lipinski definition) is 1. The van der Waals surface area contributed by atoms with E-state index in [4.69, 9.17) is 9.84 Å². The number of aliphatic hydroxyl groups is 1. The molecule has 1 aromatic carbocycles. The van der Waals surface area contributed by atoms with Crippen molar-refractivity contribution in [2.24, 2.45) is 14.1 Å². The Labute approximate surface area is 170 Å². The smallest absolute Gasteiger partial charge is 0.414 e. The molecule has 2 aliphatic rings. The summed E-state index contributed by atoms with van der Waals surface area (Å²) in [6.45, 7) is 0.986. The molecule has 1 unspecified atom stereocenters. The van der Waals surface area contributed by atoms with Crippen LogP contribution < -0.4 is 14.5 Å². The van der Waals surface area contributed by atoms with E-state index in [9.17, 15) is 9.18 Å². The number of carbonyl (C=O) groups excluding carboxylic acids is 1. The first-order valence-corrected chi connectivity index (χ1v) is 9.41. The lowest BCUT2D eigenvalue weighted by Gasteiger charge is -2.14. The average molecular weight is 415 g/mol. The van der Waals surface area contributed by atoms with Crippen LogP contribution in [0, 0.1) is 5.82 Å². The van der Waals surface area contributed by atoms with Crippen LogP contribution in [0.3, 0.4) is 0 Å². The number of nitrogens with zero attached hydrogens (tertiary/aromatic N) is 8. The topological polar surface area (TPSA) is 105 Å². The van der Waals surface area contributed by atoms with E-state index in [1.807, 2.05) is 22.7 Å². The highest BCUT2D eigenvalue weighted by Crippen LogP contribution is 2.30. The van der Waals surface area contributed by atoms with E-state index in [-0.39, 0.29) is 13.2 Å². The lowest BCUT2D eigenvalue weighted by atomic mass is 10.1. The van der Waals surface area contributed by atoms with Gasteiger partial charge in [0.15, 0.2) is 0 Å². The molecule has 1 atom stereocenters. The Bertz CT molecular complexity index is 1120. The van der Waals surface area contributed by atoms with Gasteiger partial charge in [-0.25, -0.2) is 13.9 Å². The Kier molecular flexibility index (Phi) is 4.17. The third kappa shape index (κ3) is 2.87. The maximum atomic E-state index is 14.8. The number of aromatic nitrogens is 6. The van der Waals surface area contributed by atoms with Crippen LogP contribution in [0.2, 0.25) is 0 Å². The fraction of sp³-hybridized carbons (Fsp3) is 0.389. The lowest BCUT2D eigenvalue weighted by molar-refractivity contribution is -0.745. The van der Waals surface area contributed by atoms with E-state index < -0.39 is 18.0 Å². The van der Waals surface area contributed by atoms with Gasteiger partial charge in [-0.05, 0) is 24.3 Å². The molecular weight excluding hydrogens is 395 g/mol. The second-order valence-corrected chi connectivity index (χ2v) is 7.33. The van der Waals surface area contributed by atoms with Crippen molar-refractivity contribution < 1.29 is 23.7 Å². The predicted octanol–water partition coefficient (Wildman–Crippen LogP) is -0.0626. The molecule has 11 nitrogen and oxygen atoms in total. The molecular formula is C18H20FN8O3+. The zero-order valence-corrected chi connectivity index (χ0v) is 16.4. The summed E-state index contributed by atoms with van der Waals surface area (Å²) >= 11 is 0. The molecule has 0 bridgehead atoms. The molecule has 0 saturated carbocycles. The summed E-state index contributed by atoms with van der Waals surface area (Å²) in [5.41, 5.74) is 2.19. The second-order valence-electron chi connectivity index (χ2n) is 7.33. The summed E-state index contributed by atoms with van der Waals surface area (Å²) in [6.07, 6.45) is -1.20. The standard InChI is InChI=1S/C18H20FN8O3/c1-23-17(20-22-24(23)2)25-7-12-6-16(21-27(12)10-25)14-4-3-11(5-15(14)19)26-8-13(9-28)30-18(26)29/h3-6,13,28H,7-10H2,1-2H3/q+1. The van der Waals surface area contributed by atoms with Gasteiger partial charge < -0.3 is 9.84 Å². The normalized spacial score (nSPS) is 18.3. The second kappa shape index (κ2) is 6.76. The van der Waals surface area contributed by atoms with Crippen LogP contribution in [0.15, 0.2) is 24.3 Å². The van der Waals surface area contributed by atoms with Gasteiger partial charge in [0, 0.05) is 5.56 Å². The molecule has 1 N–H and O–H groups in total. The molecule has 30 heavy (non-hydrogen) atoms. The molecule has 0 aliphatic carbocycles. The maximum absolute atomic E-state index is 14.8. The quantitative estimate of drug-likeness (QED) is 0.595. The number of rotatable bonds is 4. The van der Waals surface area contributed by atoms with Crippen molar-refractivity contribution in [2.75, 3.05) is 23.0 Å². The van der Waals surface area contributed by atoms with E-state index >= 15 is 0 Å². The molecule has 1 saturated heterocycles. The van der Waals surface area contributed by atoms with Gasteiger partial charge in [0.25, 0.3) is 0 Å². The molecule has 4 heterocycles. The monoisotopic (exact) mass is 415 g/mol. The predicted molar refractivity (Wildman–Crippen MR) is 101 cm³/mol. The van der Waals surface area contributed by atoms with Gasteiger partial charge in [-0.3, -0.25) is 9.80 Å². The van der Waals surface area contributed by atoms with E-state index in [0.29, 0.717) is 30.2 Å². The van der Waals surface area contributed by atoms with Crippen LogP contribution in [0.4, 0.5) is 20.8 Å². The Balaban J connectivity index is 1.36. The molecule has 2 aromatic heterocycles. The number of hydrogen-bond acceptors (Lipinski definition) is 7. The Morgan fingerprint density at radius 3 is 2.83 bits per heavy atom. The molecule has 1 fully saturated rings. The fourth-order valence-corrected chi connectivity index (χ4v) is 3.71. The highest BCUT2D eigenvalue weighted by molar-refractivity contribution is 5.90. The van der Waals surface area contributed by atoms with Gasteiger partial charge in [0.05, 0.1) is 56.0 Å². The molecule has 156 valence electrons. The highest BCUT2D eigenvalue weighted by atomic mass is 19.1. The number of anilines is 2. The van der Waals surface area contributed by atoms with Crippen LogP contribution in [-0.2, 0) is 32.0 Å². The number of cyclic esters (lactones) is 1. The average Bonchev–Trinajstić information content (AvgIpc) is 3.46. The lowest BCUT2D eigenvalue weighted by Crippen LogP contribution is -2.43. The van der Waals surface area contributed by atoms with Crippen LogP contribution in [0.25, 0.3) is 11.3 Å². The number of aryl methyl sites for hydroxylation is 1. The number of tetrazole rings is 1. The number of halogens is 1. The summed E-state index contributed by atoms with van der Waals surface area (Å²) < 4.78 is 23.5. The van der Waals surface area contributed by atoms with E-state index in [0.717, 1.165) is 11.6 Å². The molecule has 5 rings (SSSR count).